The number of hydrogen-bond acceptors (Lipinski definition) is 4. The van der Waals surface area contributed by atoms with Crippen molar-refractivity contribution in [1.82, 2.24) is 15.1 Å². The fourth-order valence-corrected chi connectivity index (χ4v) is 2.94. The first-order valence-electron chi connectivity index (χ1n) is 8.24. The minimum absolute atomic E-state index is 0.0121. The molecule has 2 fully saturated rings. The summed E-state index contributed by atoms with van der Waals surface area (Å²) in [6.07, 6.45) is 0.863. The highest BCUT2D eigenvalue weighted by Gasteiger charge is 2.27. The molecule has 3 rings (SSSR count). The van der Waals surface area contributed by atoms with Gasteiger partial charge in [-0.2, -0.15) is 0 Å². The molecule has 0 spiro atoms. The van der Waals surface area contributed by atoms with E-state index in [1.165, 1.54) is 0 Å². The van der Waals surface area contributed by atoms with Gasteiger partial charge in [0.25, 0.3) is 5.91 Å². The predicted octanol–water partition coefficient (Wildman–Crippen LogP) is 0.952. The fraction of sp³-hybridized carbons (Fsp3) is 0.529. The molecular weight excluding hydrogens is 310 g/mol. The van der Waals surface area contributed by atoms with E-state index in [1.807, 2.05) is 0 Å². The van der Waals surface area contributed by atoms with Crippen molar-refractivity contribution in [3.63, 3.8) is 0 Å². The monoisotopic (exact) mass is 333 g/mol. The molecule has 2 aliphatic rings. The molecule has 0 saturated carbocycles. The van der Waals surface area contributed by atoms with Crippen LogP contribution < -0.4 is 10.1 Å². The van der Waals surface area contributed by atoms with E-state index in [4.69, 9.17) is 9.47 Å². The summed E-state index contributed by atoms with van der Waals surface area (Å²) in [5, 5.41) is 2.98. The number of amides is 3. The van der Waals surface area contributed by atoms with Gasteiger partial charge >= 0.3 is 6.03 Å². The lowest BCUT2D eigenvalue weighted by atomic mass is 10.1. The number of carbonyl (C=O) groups is 2. The van der Waals surface area contributed by atoms with Crippen molar-refractivity contribution >= 4 is 11.9 Å². The first-order chi connectivity index (χ1) is 11.7. The van der Waals surface area contributed by atoms with Gasteiger partial charge in [-0.25, -0.2) is 4.79 Å². The SMILES string of the molecule is COc1ccc(C(=O)N2CCN(C(=O)N[C@H]3CCOC3)CC2)cc1. The summed E-state index contributed by atoms with van der Waals surface area (Å²) >= 11 is 0. The second-order valence-corrected chi connectivity index (χ2v) is 6.02. The standard InChI is InChI=1S/C17H23N3O4/c1-23-15-4-2-13(3-5-15)16(21)19-7-9-20(10-8-19)17(22)18-14-6-11-24-12-14/h2-5,14H,6-12H2,1H3,(H,18,22)/t14-/m0/s1. The molecule has 0 bridgehead atoms. The van der Waals surface area contributed by atoms with Crippen LogP contribution in [0.3, 0.4) is 0 Å². The van der Waals surface area contributed by atoms with Gasteiger partial charge in [0.1, 0.15) is 5.75 Å². The molecule has 24 heavy (non-hydrogen) atoms. The maximum absolute atomic E-state index is 12.5. The molecule has 0 aromatic heterocycles. The molecule has 7 nitrogen and oxygen atoms in total. The van der Waals surface area contributed by atoms with E-state index in [0.717, 1.165) is 12.2 Å². The predicted molar refractivity (Wildman–Crippen MR) is 88.2 cm³/mol. The maximum Gasteiger partial charge on any atom is 0.317 e. The van der Waals surface area contributed by atoms with E-state index in [0.29, 0.717) is 45.0 Å². The smallest absolute Gasteiger partial charge is 0.317 e. The number of benzene rings is 1. The Balaban J connectivity index is 1.50. The molecule has 2 aliphatic heterocycles. The van der Waals surface area contributed by atoms with Gasteiger partial charge in [0.05, 0.1) is 19.8 Å². The minimum Gasteiger partial charge on any atom is -0.497 e. The summed E-state index contributed by atoms with van der Waals surface area (Å²) in [5.74, 6) is 0.714. The van der Waals surface area contributed by atoms with E-state index >= 15 is 0 Å². The van der Waals surface area contributed by atoms with Crippen LogP contribution in [0.15, 0.2) is 24.3 Å². The number of methoxy groups -OCH3 is 1. The molecule has 0 aliphatic carbocycles. The van der Waals surface area contributed by atoms with E-state index in [2.05, 4.69) is 5.32 Å². The summed E-state index contributed by atoms with van der Waals surface area (Å²) in [5.41, 5.74) is 0.636. The number of ether oxygens (including phenoxy) is 2. The second kappa shape index (κ2) is 7.53. The zero-order chi connectivity index (χ0) is 16.9. The number of nitrogens with one attached hydrogen (secondary N) is 1. The van der Waals surface area contributed by atoms with Gasteiger partial charge < -0.3 is 24.6 Å². The van der Waals surface area contributed by atoms with Crippen molar-refractivity contribution < 1.29 is 19.1 Å². The van der Waals surface area contributed by atoms with Crippen molar-refractivity contribution in [1.29, 1.82) is 0 Å². The van der Waals surface area contributed by atoms with E-state index < -0.39 is 0 Å². The first kappa shape index (κ1) is 16.6. The van der Waals surface area contributed by atoms with Gasteiger partial charge in [0.2, 0.25) is 0 Å². The van der Waals surface area contributed by atoms with Gasteiger partial charge in [-0.3, -0.25) is 4.79 Å². The van der Waals surface area contributed by atoms with Crippen molar-refractivity contribution in [3.05, 3.63) is 29.8 Å². The van der Waals surface area contributed by atoms with Crippen LogP contribution in [0.5, 0.6) is 5.75 Å². The first-order valence-corrected chi connectivity index (χ1v) is 8.24. The summed E-state index contributed by atoms with van der Waals surface area (Å²) in [6.45, 7) is 3.46. The highest BCUT2D eigenvalue weighted by atomic mass is 16.5. The van der Waals surface area contributed by atoms with Crippen LogP contribution in [0.4, 0.5) is 4.79 Å². The van der Waals surface area contributed by atoms with Gasteiger partial charge in [-0.05, 0) is 30.7 Å². The quantitative estimate of drug-likeness (QED) is 0.894. The van der Waals surface area contributed by atoms with Crippen LogP contribution in [0.1, 0.15) is 16.8 Å². The van der Waals surface area contributed by atoms with Crippen molar-refractivity contribution in [3.8, 4) is 5.75 Å². The number of urea groups is 1. The molecule has 0 unspecified atom stereocenters. The molecule has 130 valence electrons. The fourth-order valence-electron chi connectivity index (χ4n) is 2.94. The third-order valence-electron chi connectivity index (χ3n) is 4.45. The van der Waals surface area contributed by atoms with Crippen LogP contribution in [0.2, 0.25) is 0 Å². The number of piperazine rings is 1. The molecule has 0 radical (unpaired) electrons. The van der Waals surface area contributed by atoms with Crippen molar-refractivity contribution in [2.24, 2.45) is 0 Å². The molecule has 1 atom stereocenters. The number of rotatable bonds is 3. The molecule has 2 heterocycles. The Labute approximate surface area is 141 Å². The third kappa shape index (κ3) is 3.79. The third-order valence-corrected chi connectivity index (χ3v) is 4.45. The molecule has 3 amide bonds. The summed E-state index contributed by atoms with van der Waals surface area (Å²) < 4.78 is 10.4. The van der Waals surface area contributed by atoms with E-state index in [1.54, 1.807) is 41.2 Å². The van der Waals surface area contributed by atoms with E-state index in [-0.39, 0.29) is 18.0 Å². The van der Waals surface area contributed by atoms with Crippen molar-refractivity contribution in [2.75, 3.05) is 46.5 Å². The largest absolute Gasteiger partial charge is 0.497 e. The Bertz CT molecular complexity index is 576. The molecule has 1 N–H and O–H groups in total. The van der Waals surface area contributed by atoms with Crippen LogP contribution >= 0.6 is 0 Å². The zero-order valence-electron chi connectivity index (χ0n) is 13.9. The van der Waals surface area contributed by atoms with Crippen LogP contribution in [-0.4, -0.2) is 74.3 Å². The lowest BCUT2D eigenvalue weighted by Crippen LogP contribution is -2.54. The lowest BCUT2D eigenvalue weighted by molar-refractivity contribution is 0.0663. The van der Waals surface area contributed by atoms with Crippen LogP contribution in [0, 0.1) is 0 Å². The Morgan fingerprint density at radius 2 is 1.79 bits per heavy atom. The highest BCUT2D eigenvalue weighted by molar-refractivity contribution is 5.94. The Morgan fingerprint density at radius 3 is 2.38 bits per heavy atom. The highest BCUT2D eigenvalue weighted by Crippen LogP contribution is 2.14. The molecule has 1 aromatic rings. The molecule has 7 heteroatoms. The average molecular weight is 333 g/mol. The lowest BCUT2D eigenvalue weighted by Gasteiger charge is -2.35. The summed E-state index contributed by atoms with van der Waals surface area (Å²) in [4.78, 5) is 28.3. The van der Waals surface area contributed by atoms with Gasteiger partial charge in [0.15, 0.2) is 0 Å². The molecule has 1 aromatic carbocycles. The summed E-state index contributed by atoms with van der Waals surface area (Å²) in [7, 11) is 1.60. The Hall–Kier alpha value is -2.28. The zero-order valence-corrected chi connectivity index (χ0v) is 13.9. The van der Waals surface area contributed by atoms with Gasteiger partial charge in [-0.1, -0.05) is 0 Å². The Kier molecular flexibility index (Phi) is 5.20. The maximum atomic E-state index is 12.5. The molecular formula is C17H23N3O4. The van der Waals surface area contributed by atoms with Gasteiger partial charge in [-0.15, -0.1) is 0 Å². The number of hydrogen-bond donors (Lipinski definition) is 1. The van der Waals surface area contributed by atoms with Crippen LogP contribution in [-0.2, 0) is 4.74 Å². The molecule has 2 saturated heterocycles. The summed E-state index contributed by atoms with van der Waals surface area (Å²) in [6, 6.07) is 7.13. The van der Waals surface area contributed by atoms with Gasteiger partial charge in [0, 0.05) is 38.3 Å². The average Bonchev–Trinajstić information content (AvgIpc) is 3.14. The number of carbonyl (C=O) groups excluding carboxylic acids is 2. The normalized spacial score (nSPS) is 20.8. The number of nitrogens with zero attached hydrogens (tertiary/aromatic N) is 2. The Morgan fingerprint density at radius 1 is 1.12 bits per heavy atom. The topological polar surface area (TPSA) is 71.1 Å². The van der Waals surface area contributed by atoms with E-state index in [9.17, 15) is 9.59 Å². The van der Waals surface area contributed by atoms with Crippen LogP contribution in [0.25, 0.3) is 0 Å². The minimum atomic E-state index is -0.0675. The second-order valence-electron chi connectivity index (χ2n) is 6.02. The van der Waals surface area contributed by atoms with Crippen molar-refractivity contribution in [2.45, 2.75) is 12.5 Å².